The number of imidazole rings is 2. The van der Waals surface area contributed by atoms with E-state index in [1.54, 1.807) is 0 Å². The Morgan fingerprint density at radius 3 is 1.28 bits per heavy atom. The minimum atomic E-state index is 1.11. The summed E-state index contributed by atoms with van der Waals surface area (Å²) >= 11 is 0. The zero-order valence-corrected chi connectivity index (χ0v) is 19.6. The first kappa shape index (κ1) is 20.4. The van der Waals surface area contributed by atoms with Crippen molar-refractivity contribution < 1.29 is 9.13 Å². The van der Waals surface area contributed by atoms with Crippen molar-refractivity contribution in [2.75, 3.05) is 0 Å². The van der Waals surface area contributed by atoms with E-state index in [0.717, 1.165) is 33.8 Å². The molecule has 4 nitrogen and oxygen atoms in total. The highest BCUT2D eigenvalue weighted by atomic mass is 15.2. The Bertz CT molecular complexity index is 1700. The van der Waals surface area contributed by atoms with Crippen molar-refractivity contribution in [3.05, 3.63) is 146 Å². The molecule has 36 heavy (non-hydrogen) atoms. The molecule has 0 aliphatic carbocycles. The summed E-state index contributed by atoms with van der Waals surface area (Å²) in [6.07, 6.45) is 4.36. The molecule has 7 aromatic rings. The standard InChI is InChI=1S/C32H24N4/c1-3-12-25(13-4-1)33-23-35(31-20-9-7-18-29(31)33)27-16-11-17-28(22-27)36-24-34(26-14-5-2-6-15-26)30-19-8-10-21-32(30)36/h1-24H/q+2. The van der Waals surface area contributed by atoms with Gasteiger partial charge < -0.3 is 0 Å². The number of aromatic nitrogens is 4. The lowest BCUT2D eigenvalue weighted by Crippen LogP contribution is -2.28. The summed E-state index contributed by atoms with van der Waals surface area (Å²) in [5.74, 6) is 0. The highest BCUT2D eigenvalue weighted by molar-refractivity contribution is 5.76. The molecule has 0 atom stereocenters. The third-order valence-electron chi connectivity index (χ3n) is 6.72. The Balaban J connectivity index is 1.41. The molecule has 0 N–H and O–H groups in total. The van der Waals surface area contributed by atoms with Crippen molar-refractivity contribution in [1.82, 2.24) is 9.13 Å². The lowest BCUT2D eigenvalue weighted by Gasteiger charge is -2.01. The van der Waals surface area contributed by atoms with Crippen LogP contribution in [-0.4, -0.2) is 9.13 Å². The van der Waals surface area contributed by atoms with Crippen molar-refractivity contribution in [1.29, 1.82) is 0 Å². The lowest BCUT2D eigenvalue weighted by molar-refractivity contribution is -0.568. The summed E-state index contributed by atoms with van der Waals surface area (Å²) in [5, 5.41) is 0. The summed E-state index contributed by atoms with van der Waals surface area (Å²) in [6, 6.07) is 46.8. The van der Waals surface area contributed by atoms with Crippen molar-refractivity contribution in [3.8, 4) is 22.7 Å². The van der Waals surface area contributed by atoms with Gasteiger partial charge in [-0.25, -0.2) is 0 Å². The van der Waals surface area contributed by atoms with Crippen LogP contribution in [-0.2, 0) is 0 Å². The molecule has 5 aromatic carbocycles. The first-order valence-electron chi connectivity index (χ1n) is 12.1. The van der Waals surface area contributed by atoms with E-state index in [-0.39, 0.29) is 0 Å². The summed E-state index contributed by atoms with van der Waals surface area (Å²) < 4.78 is 9.03. The van der Waals surface area contributed by atoms with E-state index < -0.39 is 0 Å². The van der Waals surface area contributed by atoms with Crippen molar-refractivity contribution >= 4 is 22.1 Å². The van der Waals surface area contributed by atoms with E-state index in [2.05, 4.69) is 164 Å². The third kappa shape index (κ3) is 3.31. The fourth-order valence-corrected chi connectivity index (χ4v) is 5.02. The Hall–Kier alpha value is -4.96. The molecule has 0 fully saturated rings. The van der Waals surface area contributed by atoms with Gasteiger partial charge in [0.2, 0.25) is 0 Å². The van der Waals surface area contributed by atoms with Gasteiger partial charge in [-0.15, -0.1) is 0 Å². The van der Waals surface area contributed by atoms with Gasteiger partial charge in [-0.05, 0) is 60.7 Å². The van der Waals surface area contributed by atoms with Crippen LogP contribution in [0, 0.1) is 0 Å². The van der Waals surface area contributed by atoms with Crippen LogP contribution in [0.25, 0.3) is 44.8 Å². The van der Waals surface area contributed by atoms with Gasteiger partial charge >= 0.3 is 0 Å². The summed E-state index contributed by atoms with van der Waals surface area (Å²) in [5.41, 5.74) is 9.17. The number of hydrogen-bond acceptors (Lipinski definition) is 0. The molecular formula is C32H24N4+2. The first-order valence-corrected chi connectivity index (χ1v) is 12.1. The molecule has 0 aliphatic heterocycles. The van der Waals surface area contributed by atoms with Crippen LogP contribution in [0.3, 0.4) is 0 Å². The van der Waals surface area contributed by atoms with Crippen LogP contribution in [0.1, 0.15) is 0 Å². The highest BCUT2D eigenvalue weighted by Crippen LogP contribution is 2.23. The second kappa shape index (κ2) is 8.36. The molecule has 0 amide bonds. The van der Waals surface area contributed by atoms with Gasteiger partial charge in [-0.3, -0.25) is 0 Å². The molecule has 2 heterocycles. The van der Waals surface area contributed by atoms with E-state index in [1.807, 2.05) is 0 Å². The van der Waals surface area contributed by atoms with Crippen LogP contribution >= 0.6 is 0 Å². The zero-order chi connectivity index (χ0) is 23.9. The lowest BCUT2D eigenvalue weighted by atomic mass is 10.2. The van der Waals surface area contributed by atoms with Crippen LogP contribution in [0.4, 0.5) is 0 Å². The average molecular weight is 465 g/mol. The highest BCUT2D eigenvalue weighted by Gasteiger charge is 2.22. The fraction of sp³-hybridized carbons (Fsp3) is 0. The second-order valence-electron chi connectivity index (χ2n) is 8.88. The minimum Gasteiger partial charge on any atom is -0.195 e. The smallest absolute Gasteiger partial charge is 0.195 e. The first-order chi connectivity index (χ1) is 17.9. The normalized spacial score (nSPS) is 11.3. The Morgan fingerprint density at radius 2 is 0.806 bits per heavy atom. The molecule has 0 radical (unpaired) electrons. The topological polar surface area (TPSA) is 17.6 Å². The molecule has 0 unspecified atom stereocenters. The van der Waals surface area contributed by atoms with Crippen LogP contribution in [0.2, 0.25) is 0 Å². The van der Waals surface area contributed by atoms with Gasteiger partial charge in [-0.2, -0.15) is 18.3 Å². The quantitative estimate of drug-likeness (QED) is 0.279. The van der Waals surface area contributed by atoms with Crippen molar-refractivity contribution in [3.63, 3.8) is 0 Å². The third-order valence-corrected chi connectivity index (χ3v) is 6.72. The van der Waals surface area contributed by atoms with E-state index in [9.17, 15) is 0 Å². The number of rotatable bonds is 4. The van der Waals surface area contributed by atoms with Crippen LogP contribution < -0.4 is 9.13 Å². The fourth-order valence-electron chi connectivity index (χ4n) is 5.02. The molecule has 2 aromatic heterocycles. The maximum Gasteiger partial charge on any atom is 0.255 e. The number of hydrogen-bond donors (Lipinski definition) is 0. The number of fused-ring (bicyclic) bond motifs is 2. The summed E-state index contributed by atoms with van der Waals surface area (Å²) in [6.45, 7) is 0. The Kier molecular flexibility index (Phi) is 4.74. The zero-order valence-electron chi connectivity index (χ0n) is 19.6. The van der Waals surface area contributed by atoms with Crippen molar-refractivity contribution in [2.45, 2.75) is 0 Å². The molecule has 0 saturated heterocycles. The maximum absolute atomic E-state index is 2.27. The second-order valence-corrected chi connectivity index (χ2v) is 8.88. The predicted octanol–water partition coefficient (Wildman–Crippen LogP) is 6.13. The minimum absolute atomic E-state index is 1.11. The molecule has 0 aliphatic rings. The van der Waals surface area contributed by atoms with E-state index in [0.29, 0.717) is 0 Å². The molecule has 0 saturated carbocycles. The van der Waals surface area contributed by atoms with Gasteiger partial charge in [0.05, 0.1) is 0 Å². The maximum atomic E-state index is 2.27. The van der Waals surface area contributed by atoms with E-state index in [1.165, 1.54) is 11.0 Å². The molecule has 7 rings (SSSR count). The van der Waals surface area contributed by atoms with Gasteiger partial charge in [-0.1, -0.05) is 66.7 Å². The molecular weight excluding hydrogens is 440 g/mol. The predicted molar refractivity (Wildman–Crippen MR) is 143 cm³/mol. The monoisotopic (exact) mass is 464 g/mol. The molecule has 0 spiro atoms. The largest absolute Gasteiger partial charge is 0.255 e. The van der Waals surface area contributed by atoms with Gasteiger partial charge in [0, 0.05) is 6.07 Å². The number of nitrogens with zero attached hydrogens (tertiary/aromatic N) is 4. The SMILES string of the molecule is c1ccc(-[n+]2cn(-c3cccc(-n4c[n+](-c5ccccc5)c5ccccc54)c3)c3ccccc32)cc1. The molecule has 0 bridgehead atoms. The molecule has 4 heteroatoms. The molecule has 170 valence electrons. The van der Waals surface area contributed by atoms with Gasteiger partial charge in [0.15, 0.2) is 22.1 Å². The number of para-hydroxylation sites is 6. The van der Waals surface area contributed by atoms with Crippen LogP contribution in [0.15, 0.2) is 146 Å². The number of benzene rings is 5. The summed E-state index contributed by atoms with van der Waals surface area (Å²) in [7, 11) is 0. The van der Waals surface area contributed by atoms with Crippen LogP contribution in [0.5, 0.6) is 0 Å². The van der Waals surface area contributed by atoms with Gasteiger partial charge in [0.1, 0.15) is 22.7 Å². The van der Waals surface area contributed by atoms with E-state index >= 15 is 0 Å². The Labute approximate surface area is 209 Å². The Morgan fingerprint density at radius 1 is 0.389 bits per heavy atom. The van der Waals surface area contributed by atoms with Crippen molar-refractivity contribution in [2.24, 2.45) is 0 Å². The van der Waals surface area contributed by atoms with Gasteiger partial charge in [0.25, 0.3) is 12.7 Å². The average Bonchev–Trinajstić information content (AvgIpc) is 3.54. The summed E-state index contributed by atoms with van der Waals surface area (Å²) in [4.78, 5) is 0. The van der Waals surface area contributed by atoms with E-state index in [4.69, 9.17) is 0 Å².